The van der Waals surface area contributed by atoms with E-state index in [-0.39, 0.29) is 11.9 Å². The number of nitrogens with one attached hydrogen (secondary N) is 1. The van der Waals surface area contributed by atoms with Crippen LogP contribution in [0.4, 0.5) is 11.6 Å². The summed E-state index contributed by atoms with van der Waals surface area (Å²) in [5, 5.41) is 12.8. The Balaban J connectivity index is 1.45. The molecule has 1 aliphatic carbocycles. The molecule has 35 heavy (non-hydrogen) atoms. The number of aryl methyl sites for hydroxylation is 1. The number of hydrogen-bond donors (Lipinski definition) is 1. The molecule has 0 atom stereocenters. The van der Waals surface area contributed by atoms with Crippen LogP contribution in [0, 0.1) is 11.3 Å². The zero-order chi connectivity index (χ0) is 24.0. The summed E-state index contributed by atoms with van der Waals surface area (Å²) in [6, 6.07) is 27.4. The average Bonchev–Trinajstić information content (AvgIpc) is 3.09. The monoisotopic (exact) mass is 460 g/mol. The SMILES string of the molecule is N#Cc1cc(Nc2ncc3c(n2)CCCCC3=O)cc(OC(c2ccccc2)c2ccccc2)c1. The number of carbonyl (C=O) groups is 1. The molecule has 3 aromatic carbocycles. The van der Waals surface area contributed by atoms with Gasteiger partial charge in [0.15, 0.2) is 5.78 Å². The minimum absolute atomic E-state index is 0.0964. The van der Waals surface area contributed by atoms with E-state index in [1.807, 2.05) is 66.7 Å². The van der Waals surface area contributed by atoms with Crippen molar-refractivity contribution < 1.29 is 9.53 Å². The number of nitrogens with zero attached hydrogens (tertiary/aromatic N) is 3. The Kier molecular flexibility index (Phi) is 6.49. The van der Waals surface area contributed by atoms with Crippen LogP contribution in [0.1, 0.15) is 58.1 Å². The summed E-state index contributed by atoms with van der Waals surface area (Å²) in [7, 11) is 0. The van der Waals surface area contributed by atoms with Crippen LogP contribution in [0.25, 0.3) is 0 Å². The van der Waals surface area contributed by atoms with Crippen LogP contribution in [0.2, 0.25) is 0 Å². The molecule has 4 aromatic rings. The number of rotatable bonds is 6. The Morgan fingerprint density at radius 2 is 1.60 bits per heavy atom. The molecule has 1 aromatic heterocycles. The number of Topliss-reactive ketones (excluding diaryl/α,β-unsaturated/α-hetero) is 1. The molecule has 6 nitrogen and oxygen atoms in total. The summed E-state index contributed by atoms with van der Waals surface area (Å²) in [4.78, 5) is 21.2. The smallest absolute Gasteiger partial charge is 0.227 e. The molecule has 5 rings (SSSR count). The highest BCUT2D eigenvalue weighted by molar-refractivity contribution is 5.97. The van der Waals surface area contributed by atoms with E-state index in [1.54, 1.807) is 18.3 Å². The van der Waals surface area contributed by atoms with Gasteiger partial charge in [-0.15, -0.1) is 0 Å². The molecule has 0 spiro atoms. The number of anilines is 2. The maximum atomic E-state index is 12.3. The number of hydrogen-bond acceptors (Lipinski definition) is 6. The Hall–Kier alpha value is -4.50. The maximum Gasteiger partial charge on any atom is 0.227 e. The standard InChI is InChI=1S/C29H24N4O2/c30-18-20-15-23(32-29-31-19-25-26(33-29)13-7-8-14-27(25)34)17-24(16-20)35-28(21-9-3-1-4-10-21)22-11-5-2-6-12-22/h1-6,9-12,15-17,19,28H,7-8,13-14H2,(H,31,32,33). The zero-order valence-corrected chi connectivity index (χ0v) is 19.1. The van der Waals surface area contributed by atoms with Crippen LogP contribution in [-0.2, 0) is 6.42 Å². The maximum absolute atomic E-state index is 12.3. The van der Waals surface area contributed by atoms with Gasteiger partial charge in [0.1, 0.15) is 11.9 Å². The molecule has 0 aliphatic heterocycles. The van der Waals surface area contributed by atoms with Crippen molar-refractivity contribution in [2.45, 2.75) is 31.8 Å². The summed E-state index contributed by atoms with van der Waals surface area (Å²) < 4.78 is 6.45. The van der Waals surface area contributed by atoms with Crippen molar-refractivity contribution in [2.24, 2.45) is 0 Å². The highest BCUT2D eigenvalue weighted by Crippen LogP contribution is 2.31. The quantitative estimate of drug-likeness (QED) is 0.346. The van der Waals surface area contributed by atoms with Gasteiger partial charge < -0.3 is 10.1 Å². The highest BCUT2D eigenvalue weighted by atomic mass is 16.5. The van der Waals surface area contributed by atoms with E-state index < -0.39 is 0 Å². The van der Waals surface area contributed by atoms with Crippen LogP contribution in [-0.4, -0.2) is 15.8 Å². The van der Waals surface area contributed by atoms with E-state index in [0.29, 0.717) is 34.9 Å². The number of aromatic nitrogens is 2. The molecule has 6 heteroatoms. The second-order valence-electron chi connectivity index (χ2n) is 8.49. The lowest BCUT2D eigenvalue weighted by Crippen LogP contribution is -2.10. The molecular weight excluding hydrogens is 436 g/mol. The molecule has 0 bridgehead atoms. The fourth-order valence-corrected chi connectivity index (χ4v) is 4.27. The first-order chi connectivity index (χ1) is 17.2. The fraction of sp³-hybridized carbons (Fsp3) is 0.172. The molecule has 0 unspecified atom stereocenters. The van der Waals surface area contributed by atoms with Gasteiger partial charge >= 0.3 is 0 Å². The van der Waals surface area contributed by atoms with Crippen LogP contribution >= 0.6 is 0 Å². The van der Waals surface area contributed by atoms with E-state index in [0.717, 1.165) is 36.1 Å². The van der Waals surface area contributed by atoms with E-state index in [9.17, 15) is 10.1 Å². The third-order valence-corrected chi connectivity index (χ3v) is 5.99. The molecule has 1 N–H and O–H groups in total. The van der Waals surface area contributed by atoms with Crippen LogP contribution in [0.15, 0.2) is 85.1 Å². The molecule has 0 fully saturated rings. The molecular formula is C29H24N4O2. The van der Waals surface area contributed by atoms with Crippen LogP contribution in [0.5, 0.6) is 5.75 Å². The van der Waals surface area contributed by atoms with Gasteiger partial charge in [-0.25, -0.2) is 9.97 Å². The number of ketones is 1. The second kappa shape index (κ2) is 10.2. The Labute approximate surface area is 204 Å². The van der Waals surface area contributed by atoms with Crippen molar-refractivity contribution in [1.29, 1.82) is 5.26 Å². The largest absolute Gasteiger partial charge is 0.481 e. The predicted octanol–water partition coefficient (Wildman–Crippen LogP) is 6.17. The van der Waals surface area contributed by atoms with E-state index in [2.05, 4.69) is 21.4 Å². The fourth-order valence-electron chi connectivity index (χ4n) is 4.27. The lowest BCUT2D eigenvalue weighted by molar-refractivity contribution is 0.0981. The third-order valence-electron chi connectivity index (χ3n) is 5.99. The van der Waals surface area contributed by atoms with Crippen molar-refractivity contribution in [3.05, 3.63) is 113 Å². The minimum Gasteiger partial charge on any atom is -0.481 e. The topological polar surface area (TPSA) is 87.9 Å². The van der Waals surface area contributed by atoms with Gasteiger partial charge in [-0.1, -0.05) is 60.7 Å². The molecule has 1 aliphatic rings. The van der Waals surface area contributed by atoms with Gasteiger partial charge in [-0.05, 0) is 42.5 Å². The molecule has 0 saturated heterocycles. The van der Waals surface area contributed by atoms with Crippen molar-refractivity contribution in [2.75, 3.05) is 5.32 Å². The molecule has 0 saturated carbocycles. The van der Waals surface area contributed by atoms with E-state index in [4.69, 9.17) is 4.74 Å². The van der Waals surface area contributed by atoms with Gasteiger partial charge in [0.05, 0.1) is 22.9 Å². The summed E-state index contributed by atoms with van der Waals surface area (Å²) in [6.45, 7) is 0. The van der Waals surface area contributed by atoms with Crippen LogP contribution in [0.3, 0.4) is 0 Å². The summed E-state index contributed by atoms with van der Waals surface area (Å²) in [6.07, 6.45) is 4.35. The number of benzene rings is 3. The molecule has 1 heterocycles. The second-order valence-corrected chi connectivity index (χ2v) is 8.49. The Morgan fingerprint density at radius 3 is 2.29 bits per heavy atom. The first-order valence-corrected chi connectivity index (χ1v) is 11.7. The number of fused-ring (bicyclic) bond motifs is 1. The van der Waals surface area contributed by atoms with Crippen molar-refractivity contribution in [1.82, 2.24) is 9.97 Å². The average molecular weight is 461 g/mol. The molecule has 0 radical (unpaired) electrons. The van der Waals surface area contributed by atoms with Gasteiger partial charge in [-0.2, -0.15) is 5.26 Å². The molecule has 172 valence electrons. The third kappa shape index (κ3) is 5.20. The van der Waals surface area contributed by atoms with Crippen molar-refractivity contribution >= 4 is 17.4 Å². The first-order valence-electron chi connectivity index (χ1n) is 11.7. The van der Waals surface area contributed by atoms with E-state index in [1.165, 1.54) is 0 Å². The Bertz CT molecular complexity index is 1340. The van der Waals surface area contributed by atoms with Gasteiger partial charge in [0.2, 0.25) is 5.95 Å². The van der Waals surface area contributed by atoms with Crippen LogP contribution < -0.4 is 10.1 Å². The lowest BCUT2D eigenvalue weighted by atomic mass is 10.0. The first kappa shape index (κ1) is 22.3. The number of ether oxygens (including phenoxy) is 1. The predicted molar refractivity (Wildman–Crippen MR) is 134 cm³/mol. The minimum atomic E-state index is -0.339. The van der Waals surface area contributed by atoms with Crippen molar-refractivity contribution in [3.8, 4) is 11.8 Å². The molecule has 0 amide bonds. The number of carbonyl (C=O) groups excluding carboxylic acids is 1. The zero-order valence-electron chi connectivity index (χ0n) is 19.1. The van der Waals surface area contributed by atoms with Gasteiger partial charge in [-0.3, -0.25) is 4.79 Å². The Morgan fingerprint density at radius 1 is 0.914 bits per heavy atom. The summed E-state index contributed by atoms with van der Waals surface area (Å²) in [5.74, 6) is 1.04. The normalized spacial score (nSPS) is 13.0. The van der Waals surface area contributed by atoms with E-state index >= 15 is 0 Å². The highest BCUT2D eigenvalue weighted by Gasteiger charge is 2.19. The van der Waals surface area contributed by atoms with Gasteiger partial charge in [0, 0.05) is 24.4 Å². The van der Waals surface area contributed by atoms with Crippen molar-refractivity contribution in [3.63, 3.8) is 0 Å². The summed E-state index contributed by atoms with van der Waals surface area (Å²) >= 11 is 0. The lowest BCUT2D eigenvalue weighted by Gasteiger charge is -2.21. The van der Waals surface area contributed by atoms with Gasteiger partial charge in [0.25, 0.3) is 0 Å². The summed E-state index contributed by atoms with van der Waals surface area (Å²) in [5.41, 5.74) is 4.49. The number of nitriles is 1.